The van der Waals surface area contributed by atoms with E-state index in [-0.39, 0.29) is 28.7 Å². The van der Waals surface area contributed by atoms with E-state index >= 15 is 0 Å². The van der Waals surface area contributed by atoms with Crippen LogP contribution in [0.4, 0.5) is 11.1 Å². The van der Waals surface area contributed by atoms with Gasteiger partial charge in [0.15, 0.2) is 5.01 Å². The number of hydrogen-bond donors (Lipinski definition) is 2. The van der Waals surface area contributed by atoms with Crippen LogP contribution in [0.1, 0.15) is 5.56 Å². The number of thioether (sulfide) groups is 1. The molecule has 0 atom stereocenters. The highest BCUT2D eigenvalue weighted by Crippen LogP contribution is 2.34. The third kappa shape index (κ3) is 6.13. The Morgan fingerprint density at radius 2 is 1.81 bits per heavy atom. The lowest BCUT2D eigenvalue weighted by Gasteiger charge is -2.05. The number of anilines is 2. The van der Waals surface area contributed by atoms with Crippen molar-refractivity contribution in [1.29, 1.82) is 0 Å². The van der Waals surface area contributed by atoms with Crippen molar-refractivity contribution >= 4 is 63.3 Å². The van der Waals surface area contributed by atoms with Gasteiger partial charge in [0, 0.05) is 23.6 Å². The van der Waals surface area contributed by atoms with Crippen LogP contribution in [0, 0.1) is 0 Å². The summed E-state index contributed by atoms with van der Waals surface area (Å²) in [4.78, 5) is 24.5. The Bertz CT molecular complexity index is 1200. The molecule has 0 aliphatic heterocycles. The Labute approximate surface area is 201 Å². The molecule has 0 saturated heterocycles. The van der Waals surface area contributed by atoms with E-state index in [1.165, 1.54) is 23.0 Å². The first-order valence-corrected chi connectivity index (χ1v) is 11.8. The number of amides is 1. The molecule has 8 nitrogen and oxygen atoms in total. The zero-order chi connectivity index (χ0) is 22.3. The molecule has 0 bridgehead atoms. The standard InChI is InChI=1S/C20H15Cl2N7OS2/c21-14-9-15(22)26-19(25-14)27-16(30)10-24-20-29-28-18(32-20)13-7-4-8-23-17(13)31-11-12-5-2-1-3-6-12/h1-9H,10-11H2,(H,24,29)(H,25,26,27,30). The highest BCUT2D eigenvalue weighted by Gasteiger charge is 2.14. The lowest BCUT2D eigenvalue weighted by molar-refractivity contribution is -0.114. The molecule has 3 aromatic heterocycles. The maximum atomic E-state index is 12.2. The van der Waals surface area contributed by atoms with Crippen LogP contribution >= 0.6 is 46.3 Å². The van der Waals surface area contributed by atoms with Gasteiger partial charge in [-0.2, -0.15) is 0 Å². The maximum Gasteiger partial charge on any atom is 0.246 e. The van der Waals surface area contributed by atoms with Crippen LogP contribution in [0.25, 0.3) is 10.6 Å². The number of halogens is 2. The number of pyridine rings is 1. The lowest BCUT2D eigenvalue weighted by atomic mass is 10.2. The predicted octanol–water partition coefficient (Wildman–Crippen LogP) is 5.04. The lowest BCUT2D eigenvalue weighted by Crippen LogP contribution is -2.22. The van der Waals surface area contributed by atoms with Gasteiger partial charge in [0.1, 0.15) is 15.3 Å². The summed E-state index contributed by atoms with van der Waals surface area (Å²) in [6.45, 7) is -0.0508. The normalized spacial score (nSPS) is 10.7. The minimum absolute atomic E-state index is 0.0303. The Kier molecular flexibility index (Phi) is 7.48. The molecule has 12 heteroatoms. The fraction of sp³-hybridized carbons (Fsp3) is 0.100. The SMILES string of the molecule is O=C(CNc1nnc(-c2cccnc2SCc2ccccc2)s1)Nc1nc(Cl)cc(Cl)n1. The Balaban J connectivity index is 1.38. The first kappa shape index (κ1) is 22.4. The monoisotopic (exact) mass is 503 g/mol. The molecule has 0 spiro atoms. The topological polar surface area (TPSA) is 106 Å². The van der Waals surface area contributed by atoms with Crippen molar-refractivity contribution in [2.45, 2.75) is 10.8 Å². The second-order valence-corrected chi connectivity index (χ2v) is 9.00. The van der Waals surface area contributed by atoms with Crippen molar-refractivity contribution in [3.05, 3.63) is 70.6 Å². The summed E-state index contributed by atoms with van der Waals surface area (Å²) in [5.74, 6) is 0.452. The minimum Gasteiger partial charge on any atom is -0.351 e. The van der Waals surface area contributed by atoms with Crippen molar-refractivity contribution < 1.29 is 4.79 Å². The molecule has 4 rings (SSSR count). The fourth-order valence-corrected chi connectivity index (χ4v) is 4.77. The van der Waals surface area contributed by atoms with Crippen LogP contribution < -0.4 is 10.6 Å². The molecule has 32 heavy (non-hydrogen) atoms. The summed E-state index contributed by atoms with van der Waals surface area (Å²) in [7, 11) is 0. The van der Waals surface area contributed by atoms with Crippen LogP contribution in [0.3, 0.4) is 0 Å². The number of carbonyl (C=O) groups excluding carboxylic acids is 1. The quantitative estimate of drug-likeness (QED) is 0.254. The third-order valence-corrected chi connectivity index (χ3v) is 6.34. The summed E-state index contributed by atoms with van der Waals surface area (Å²) >= 11 is 14.6. The van der Waals surface area contributed by atoms with Crippen molar-refractivity contribution in [1.82, 2.24) is 25.1 Å². The number of aromatic nitrogens is 5. The first-order valence-electron chi connectivity index (χ1n) is 9.26. The number of nitrogens with zero attached hydrogens (tertiary/aromatic N) is 5. The molecular weight excluding hydrogens is 489 g/mol. The van der Waals surface area contributed by atoms with Crippen LogP contribution in [-0.2, 0) is 10.5 Å². The summed E-state index contributed by atoms with van der Waals surface area (Å²) in [6.07, 6.45) is 1.76. The minimum atomic E-state index is -0.374. The molecule has 3 heterocycles. The van der Waals surface area contributed by atoms with Crippen LogP contribution in [0.2, 0.25) is 10.3 Å². The highest BCUT2D eigenvalue weighted by atomic mass is 35.5. The molecule has 0 aliphatic carbocycles. The Morgan fingerprint density at radius 1 is 1.03 bits per heavy atom. The maximum absolute atomic E-state index is 12.2. The average Bonchev–Trinajstić information content (AvgIpc) is 3.25. The molecule has 4 aromatic rings. The molecule has 2 N–H and O–H groups in total. The predicted molar refractivity (Wildman–Crippen MR) is 128 cm³/mol. The molecule has 1 amide bonds. The van der Waals surface area contributed by atoms with Gasteiger partial charge in [0.2, 0.25) is 17.0 Å². The van der Waals surface area contributed by atoms with E-state index in [9.17, 15) is 4.79 Å². The van der Waals surface area contributed by atoms with Crippen molar-refractivity contribution in [3.8, 4) is 10.6 Å². The van der Waals surface area contributed by atoms with Crippen LogP contribution in [-0.4, -0.2) is 37.6 Å². The van der Waals surface area contributed by atoms with Gasteiger partial charge in [-0.1, -0.05) is 64.9 Å². The third-order valence-electron chi connectivity index (χ3n) is 3.96. The Morgan fingerprint density at radius 3 is 2.59 bits per heavy atom. The Hall–Kier alpha value is -2.79. The van der Waals surface area contributed by atoms with Gasteiger partial charge in [-0.25, -0.2) is 15.0 Å². The summed E-state index contributed by atoms with van der Waals surface area (Å²) < 4.78 is 0. The number of benzene rings is 1. The number of nitrogens with one attached hydrogen (secondary N) is 2. The van der Waals surface area contributed by atoms with Gasteiger partial charge in [0.05, 0.1) is 6.54 Å². The molecule has 162 valence electrons. The van der Waals surface area contributed by atoms with E-state index in [2.05, 4.69) is 47.9 Å². The molecule has 0 aliphatic rings. The van der Waals surface area contributed by atoms with E-state index in [4.69, 9.17) is 23.2 Å². The van der Waals surface area contributed by atoms with Crippen LogP contribution in [0.15, 0.2) is 59.8 Å². The fourth-order valence-electron chi connectivity index (χ4n) is 2.57. The summed E-state index contributed by atoms with van der Waals surface area (Å²) in [5, 5.41) is 16.2. The van der Waals surface area contributed by atoms with Gasteiger partial charge >= 0.3 is 0 Å². The molecular formula is C20H15Cl2N7OS2. The van der Waals surface area contributed by atoms with Crippen molar-refractivity contribution in [2.24, 2.45) is 0 Å². The van der Waals surface area contributed by atoms with Crippen LogP contribution in [0.5, 0.6) is 0 Å². The van der Waals surface area contributed by atoms with Crippen molar-refractivity contribution in [3.63, 3.8) is 0 Å². The molecule has 1 aromatic carbocycles. The smallest absolute Gasteiger partial charge is 0.246 e. The van der Waals surface area contributed by atoms with E-state index in [1.807, 2.05) is 30.3 Å². The zero-order valence-electron chi connectivity index (χ0n) is 16.3. The summed E-state index contributed by atoms with van der Waals surface area (Å²) in [5.41, 5.74) is 2.11. The average molecular weight is 504 g/mol. The van der Waals surface area contributed by atoms with Gasteiger partial charge < -0.3 is 5.32 Å². The van der Waals surface area contributed by atoms with Gasteiger partial charge in [-0.05, 0) is 17.7 Å². The number of rotatable bonds is 8. The van der Waals surface area contributed by atoms with Crippen molar-refractivity contribution in [2.75, 3.05) is 17.2 Å². The first-order chi connectivity index (χ1) is 15.6. The second-order valence-electron chi connectivity index (χ2n) is 6.28. The zero-order valence-corrected chi connectivity index (χ0v) is 19.5. The highest BCUT2D eigenvalue weighted by molar-refractivity contribution is 7.98. The van der Waals surface area contributed by atoms with Gasteiger partial charge in [-0.15, -0.1) is 22.0 Å². The van der Waals surface area contributed by atoms with E-state index < -0.39 is 0 Å². The number of hydrogen-bond acceptors (Lipinski definition) is 9. The van der Waals surface area contributed by atoms with Gasteiger partial charge in [-0.3, -0.25) is 10.1 Å². The van der Waals surface area contributed by atoms with E-state index in [0.29, 0.717) is 10.1 Å². The summed E-state index contributed by atoms with van der Waals surface area (Å²) in [6, 6.07) is 15.4. The molecule has 0 fully saturated rings. The van der Waals surface area contributed by atoms with E-state index in [1.54, 1.807) is 18.0 Å². The van der Waals surface area contributed by atoms with E-state index in [0.717, 1.165) is 16.3 Å². The molecule has 0 saturated carbocycles. The second kappa shape index (κ2) is 10.7. The van der Waals surface area contributed by atoms with Gasteiger partial charge in [0.25, 0.3) is 0 Å². The molecule has 0 radical (unpaired) electrons. The molecule has 0 unspecified atom stereocenters. The largest absolute Gasteiger partial charge is 0.351 e. The number of carbonyl (C=O) groups is 1.